The molecule has 0 saturated carbocycles. The van der Waals surface area contributed by atoms with E-state index in [1.54, 1.807) is 26.0 Å². The van der Waals surface area contributed by atoms with Crippen LogP contribution in [0.1, 0.15) is 33.3 Å². The lowest BCUT2D eigenvalue weighted by molar-refractivity contribution is -0.0120. The lowest BCUT2D eigenvalue weighted by atomic mass is 9.86. The maximum absolute atomic E-state index is 10.0. The molecule has 0 aliphatic rings. The first-order valence-corrected chi connectivity index (χ1v) is 7.45. The highest BCUT2D eigenvalue weighted by Crippen LogP contribution is 2.22. The molecule has 1 rings (SSSR count). The third-order valence-corrected chi connectivity index (χ3v) is 4.31. The molecule has 21 heavy (non-hydrogen) atoms. The summed E-state index contributed by atoms with van der Waals surface area (Å²) in [6.07, 6.45) is -0.664. The van der Waals surface area contributed by atoms with Gasteiger partial charge in [-0.15, -0.1) is 0 Å². The van der Waals surface area contributed by atoms with Gasteiger partial charge in [0.2, 0.25) is 0 Å². The van der Waals surface area contributed by atoms with Gasteiger partial charge in [-0.2, -0.15) is 0 Å². The number of rotatable bonds is 7. The smallest absolute Gasteiger partial charge is 0.119 e. The van der Waals surface area contributed by atoms with E-state index in [4.69, 9.17) is 16.3 Å². The molecule has 120 valence electrons. The molecule has 1 atom stereocenters. The van der Waals surface area contributed by atoms with Crippen LogP contribution in [0.4, 0.5) is 0 Å². The molecule has 0 radical (unpaired) electrons. The van der Waals surface area contributed by atoms with Crippen molar-refractivity contribution in [3.05, 3.63) is 28.8 Å². The van der Waals surface area contributed by atoms with Gasteiger partial charge in [0.1, 0.15) is 18.5 Å². The van der Waals surface area contributed by atoms with Crippen molar-refractivity contribution in [1.29, 1.82) is 0 Å². The van der Waals surface area contributed by atoms with Crippen molar-refractivity contribution in [2.45, 2.75) is 51.9 Å². The summed E-state index contributed by atoms with van der Waals surface area (Å²) in [7, 11) is 0. The molecule has 0 bridgehead atoms. The zero-order valence-electron chi connectivity index (χ0n) is 13.4. The molecule has 0 aliphatic heterocycles. The topological polar surface area (TPSA) is 61.7 Å². The standard InChI is InChI=1S/C16H26ClNO3/c1-11-8-13(6-7-14(11)17)21-10-12(19)9-18-15(2,3)16(4,5)20/h6-8,12,18-20H,9-10H2,1-5H3. The summed E-state index contributed by atoms with van der Waals surface area (Å²) in [5.41, 5.74) is -0.462. The van der Waals surface area contributed by atoms with Crippen molar-refractivity contribution in [3.63, 3.8) is 0 Å². The predicted molar refractivity (Wildman–Crippen MR) is 86.1 cm³/mol. The molecule has 0 saturated heterocycles. The van der Waals surface area contributed by atoms with E-state index >= 15 is 0 Å². The molecule has 1 aromatic rings. The average molecular weight is 316 g/mol. The number of ether oxygens (including phenoxy) is 1. The molecule has 0 heterocycles. The number of β-amino-alcohol motifs (C(OH)–C–C–N with tert-alkyl or cyclic N) is 1. The Morgan fingerprint density at radius 1 is 1.29 bits per heavy atom. The van der Waals surface area contributed by atoms with Gasteiger partial charge >= 0.3 is 0 Å². The number of aryl methyl sites for hydroxylation is 1. The Hall–Kier alpha value is -0.810. The maximum Gasteiger partial charge on any atom is 0.119 e. The third kappa shape index (κ3) is 5.47. The second-order valence-electron chi connectivity index (χ2n) is 6.44. The lowest BCUT2D eigenvalue weighted by Gasteiger charge is -2.38. The largest absolute Gasteiger partial charge is 0.491 e. The first-order valence-electron chi connectivity index (χ1n) is 7.07. The fourth-order valence-corrected chi connectivity index (χ4v) is 1.67. The Balaban J connectivity index is 2.44. The van der Waals surface area contributed by atoms with E-state index in [1.165, 1.54) is 0 Å². The van der Waals surface area contributed by atoms with E-state index in [-0.39, 0.29) is 6.61 Å². The minimum Gasteiger partial charge on any atom is -0.491 e. The summed E-state index contributed by atoms with van der Waals surface area (Å²) in [6, 6.07) is 5.38. The Kier molecular flexibility index (Phi) is 6.05. The zero-order valence-corrected chi connectivity index (χ0v) is 14.2. The highest BCUT2D eigenvalue weighted by molar-refractivity contribution is 6.31. The molecular weight excluding hydrogens is 290 g/mol. The van der Waals surface area contributed by atoms with Crippen LogP contribution in [-0.2, 0) is 0 Å². The van der Waals surface area contributed by atoms with Crippen LogP contribution in [0.2, 0.25) is 5.02 Å². The van der Waals surface area contributed by atoms with E-state index in [0.717, 1.165) is 5.56 Å². The van der Waals surface area contributed by atoms with E-state index in [9.17, 15) is 10.2 Å². The molecular formula is C16H26ClNO3. The van der Waals surface area contributed by atoms with Gasteiger partial charge in [-0.05, 0) is 58.4 Å². The van der Waals surface area contributed by atoms with Crippen LogP contribution in [0.5, 0.6) is 5.75 Å². The van der Waals surface area contributed by atoms with Crippen LogP contribution in [0.15, 0.2) is 18.2 Å². The minimum absolute atomic E-state index is 0.177. The molecule has 0 fully saturated rings. The lowest BCUT2D eigenvalue weighted by Crippen LogP contribution is -2.57. The van der Waals surface area contributed by atoms with Gasteiger partial charge in [-0.1, -0.05) is 11.6 Å². The van der Waals surface area contributed by atoms with E-state index in [1.807, 2.05) is 26.8 Å². The predicted octanol–water partition coefficient (Wildman–Crippen LogP) is 2.53. The van der Waals surface area contributed by atoms with Crippen molar-refractivity contribution in [1.82, 2.24) is 5.32 Å². The second-order valence-corrected chi connectivity index (χ2v) is 6.85. The number of nitrogens with one attached hydrogen (secondary N) is 1. The number of aliphatic hydroxyl groups is 2. The molecule has 0 spiro atoms. The normalized spacial score (nSPS) is 14.1. The average Bonchev–Trinajstić information content (AvgIpc) is 2.36. The Bertz CT molecular complexity index is 469. The summed E-state index contributed by atoms with van der Waals surface area (Å²) in [4.78, 5) is 0. The van der Waals surface area contributed by atoms with E-state index < -0.39 is 17.2 Å². The van der Waals surface area contributed by atoms with Gasteiger partial charge in [-0.25, -0.2) is 0 Å². The molecule has 1 aromatic carbocycles. The van der Waals surface area contributed by atoms with Gasteiger partial charge in [-0.3, -0.25) is 0 Å². The highest BCUT2D eigenvalue weighted by atomic mass is 35.5. The van der Waals surface area contributed by atoms with Crippen molar-refractivity contribution < 1.29 is 14.9 Å². The van der Waals surface area contributed by atoms with Gasteiger partial charge < -0.3 is 20.3 Å². The molecule has 0 aromatic heterocycles. The molecule has 0 amide bonds. The monoisotopic (exact) mass is 315 g/mol. The van der Waals surface area contributed by atoms with Gasteiger partial charge in [0.25, 0.3) is 0 Å². The van der Waals surface area contributed by atoms with Crippen LogP contribution < -0.4 is 10.1 Å². The number of hydrogen-bond acceptors (Lipinski definition) is 4. The van der Waals surface area contributed by atoms with Gasteiger partial charge in [0.05, 0.1) is 5.60 Å². The summed E-state index contributed by atoms with van der Waals surface area (Å²) >= 11 is 5.95. The van der Waals surface area contributed by atoms with Crippen molar-refractivity contribution >= 4 is 11.6 Å². The maximum atomic E-state index is 10.0. The molecule has 1 unspecified atom stereocenters. The van der Waals surface area contributed by atoms with E-state index in [2.05, 4.69) is 5.32 Å². The Morgan fingerprint density at radius 2 is 1.90 bits per heavy atom. The Morgan fingerprint density at radius 3 is 2.43 bits per heavy atom. The van der Waals surface area contributed by atoms with Gasteiger partial charge in [0, 0.05) is 17.1 Å². The summed E-state index contributed by atoms with van der Waals surface area (Å²) in [6.45, 7) is 9.67. The number of aliphatic hydroxyl groups excluding tert-OH is 1. The molecule has 5 heteroatoms. The van der Waals surface area contributed by atoms with Crippen molar-refractivity contribution in [2.75, 3.05) is 13.2 Å². The van der Waals surface area contributed by atoms with Crippen LogP contribution >= 0.6 is 11.6 Å². The van der Waals surface area contributed by atoms with Crippen LogP contribution in [0, 0.1) is 6.92 Å². The van der Waals surface area contributed by atoms with E-state index in [0.29, 0.717) is 17.3 Å². The van der Waals surface area contributed by atoms with Crippen LogP contribution in [0.3, 0.4) is 0 Å². The number of halogens is 1. The zero-order chi connectivity index (χ0) is 16.3. The quantitative estimate of drug-likeness (QED) is 0.723. The second kappa shape index (κ2) is 6.97. The fourth-order valence-electron chi connectivity index (χ4n) is 1.55. The number of hydrogen-bond donors (Lipinski definition) is 3. The summed E-state index contributed by atoms with van der Waals surface area (Å²) in [5, 5.41) is 23.8. The molecule has 4 nitrogen and oxygen atoms in total. The molecule has 0 aliphatic carbocycles. The van der Waals surface area contributed by atoms with Crippen molar-refractivity contribution in [3.8, 4) is 5.75 Å². The molecule has 3 N–H and O–H groups in total. The summed E-state index contributed by atoms with van der Waals surface area (Å²) in [5.74, 6) is 0.678. The summed E-state index contributed by atoms with van der Waals surface area (Å²) < 4.78 is 5.54. The van der Waals surface area contributed by atoms with Crippen molar-refractivity contribution in [2.24, 2.45) is 0 Å². The van der Waals surface area contributed by atoms with Crippen LogP contribution in [-0.4, -0.2) is 40.6 Å². The third-order valence-electron chi connectivity index (χ3n) is 3.88. The fraction of sp³-hybridized carbons (Fsp3) is 0.625. The highest BCUT2D eigenvalue weighted by Gasteiger charge is 2.34. The Labute approximate surface area is 132 Å². The van der Waals surface area contributed by atoms with Gasteiger partial charge in [0.15, 0.2) is 0 Å². The first kappa shape index (κ1) is 18.2. The first-order chi connectivity index (χ1) is 9.53. The van der Waals surface area contributed by atoms with Crippen LogP contribution in [0.25, 0.3) is 0 Å². The SMILES string of the molecule is Cc1cc(OCC(O)CNC(C)(C)C(C)(C)O)ccc1Cl. The number of benzene rings is 1. The minimum atomic E-state index is -0.888.